The minimum Gasteiger partial charge on any atom is -0.347 e. The third kappa shape index (κ3) is 2.92. The van der Waals surface area contributed by atoms with Gasteiger partial charge in [0.2, 0.25) is 0 Å². The molecular weight excluding hydrogens is 250 g/mol. The van der Waals surface area contributed by atoms with Gasteiger partial charge in [-0.05, 0) is 38.4 Å². The predicted octanol–water partition coefficient (Wildman–Crippen LogP) is 1.17. The summed E-state index contributed by atoms with van der Waals surface area (Å²) in [7, 11) is 0. The van der Waals surface area contributed by atoms with Crippen molar-refractivity contribution in [2.75, 3.05) is 0 Å². The van der Waals surface area contributed by atoms with Crippen LogP contribution < -0.4 is 5.32 Å². The zero-order valence-corrected chi connectivity index (χ0v) is 11.4. The highest BCUT2D eigenvalue weighted by molar-refractivity contribution is 7.07. The van der Waals surface area contributed by atoms with E-state index in [1.165, 1.54) is 0 Å². The smallest absolute Gasteiger partial charge is 0.265 e. The van der Waals surface area contributed by atoms with Crippen LogP contribution in [0.5, 0.6) is 0 Å². The fourth-order valence-corrected chi connectivity index (χ4v) is 2.18. The van der Waals surface area contributed by atoms with Crippen LogP contribution in [0.25, 0.3) is 0 Å². The Kier molecular flexibility index (Phi) is 3.71. The molecule has 0 fully saturated rings. The van der Waals surface area contributed by atoms with Crippen LogP contribution in [0.4, 0.5) is 0 Å². The quantitative estimate of drug-likeness (QED) is 0.900. The molecule has 0 bridgehead atoms. The SMILES string of the molecule is Cc1ccn(CC(C)NC(=O)c2snnc2C)n1. The van der Waals surface area contributed by atoms with Crippen LogP contribution in [0.2, 0.25) is 0 Å². The topological polar surface area (TPSA) is 72.7 Å². The van der Waals surface area contributed by atoms with E-state index in [4.69, 9.17) is 0 Å². The fourth-order valence-electron chi connectivity index (χ4n) is 1.62. The molecule has 0 radical (unpaired) electrons. The molecule has 0 aliphatic heterocycles. The van der Waals surface area contributed by atoms with E-state index >= 15 is 0 Å². The van der Waals surface area contributed by atoms with Crippen LogP contribution in [-0.4, -0.2) is 31.3 Å². The Hall–Kier alpha value is -1.76. The third-order valence-electron chi connectivity index (χ3n) is 2.47. The van der Waals surface area contributed by atoms with Gasteiger partial charge in [-0.2, -0.15) is 5.10 Å². The van der Waals surface area contributed by atoms with Gasteiger partial charge in [-0.25, -0.2) is 0 Å². The van der Waals surface area contributed by atoms with E-state index in [0.717, 1.165) is 17.2 Å². The van der Waals surface area contributed by atoms with Gasteiger partial charge in [0.1, 0.15) is 4.88 Å². The van der Waals surface area contributed by atoms with Crippen LogP contribution in [-0.2, 0) is 6.54 Å². The summed E-state index contributed by atoms with van der Waals surface area (Å²) in [5.74, 6) is -0.126. The number of nitrogens with one attached hydrogen (secondary N) is 1. The number of aryl methyl sites for hydroxylation is 2. The van der Waals surface area contributed by atoms with Crippen LogP contribution in [0.15, 0.2) is 12.3 Å². The highest BCUT2D eigenvalue weighted by Crippen LogP contribution is 2.09. The molecule has 96 valence electrons. The zero-order valence-electron chi connectivity index (χ0n) is 10.5. The standard InChI is InChI=1S/C11H15N5OS/c1-7-4-5-16(14-7)6-8(2)12-11(17)10-9(3)13-15-18-10/h4-5,8H,6H2,1-3H3,(H,12,17). The van der Waals surface area contributed by atoms with E-state index in [2.05, 4.69) is 20.0 Å². The number of carbonyl (C=O) groups is 1. The Balaban J connectivity index is 1.93. The minimum absolute atomic E-state index is 0.00157. The molecule has 1 amide bonds. The first-order valence-electron chi connectivity index (χ1n) is 5.66. The van der Waals surface area contributed by atoms with Gasteiger partial charge in [-0.15, -0.1) is 5.10 Å². The maximum Gasteiger partial charge on any atom is 0.265 e. The second-order valence-corrected chi connectivity index (χ2v) is 5.00. The molecular formula is C11H15N5OS. The highest BCUT2D eigenvalue weighted by Gasteiger charge is 2.15. The Bertz CT molecular complexity index is 547. The van der Waals surface area contributed by atoms with E-state index in [1.54, 1.807) is 6.92 Å². The van der Waals surface area contributed by atoms with E-state index < -0.39 is 0 Å². The van der Waals surface area contributed by atoms with Gasteiger partial charge in [0, 0.05) is 12.2 Å². The van der Waals surface area contributed by atoms with Crippen LogP contribution >= 0.6 is 11.5 Å². The molecule has 1 atom stereocenters. The zero-order chi connectivity index (χ0) is 13.1. The van der Waals surface area contributed by atoms with E-state index in [1.807, 2.05) is 30.8 Å². The number of hydrogen-bond donors (Lipinski definition) is 1. The molecule has 1 N–H and O–H groups in total. The van der Waals surface area contributed by atoms with Gasteiger partial charge < -0.3 is 5.32 Å². The normalized spacial score (nSPS) is 12.4. The molecule has 2 rings (SSSR count). The molecule has 18 heavy (non-hydrogen) atoms. The number of carbonyl (C=O) groups excluding carboxylic acids is 1. The third-order valence-corrected chi connectivity index (χ3v) is 3.30. The number of hydrogen-bond acceptors (Lipinski definition) is 5. The van der Waals surface area contributed by atoms with Crippen molar-refractivity contribution < 1.29 is 4.79 Å². The van der Waals surface area contributed by atoms with Crippen LogP contribution in [0, 0.1) is 13.8 Å². The molecule has 2 heterocycles. The molecule has 2 aromatic heterocycles. The van der Waals surface area contributed by atoms with E-state index in [9.17, 15) is 4.79 Å². The van der Waals surface area contributed by atoms with Crippen LogP contribution in [0.3, 0.4) is 0 Å². The summed E-state index contributed by atoms with van der Waals surface area (Å²) in [4.78, 5) is 12.5. The molecule has 7 heteroatoms. The molecule has 2 aromatic rings. The van der Waals surface area contributed by atoms with Crippen molar-refractivity contribution in [2.24, 2.45) is 0 Å². The average Bonchev–Trinajstić information content (AvgIpc) is 2.87. The Morgan fingerprint density at radius 1 is 1.56 bits per heavy atom. The van der Waals surface area contributed by atoms with Gasteiger partial charge in [-0.3, -0.25) is 9.48 Å². The molecule has 0 spiro atoms. The summed E-state index contributed by atoms with van der Waals surface area (Å²) in [6.45, 7) is 6.30. The summed E-state index contributed by atoms with van der Waals surface area (Å²) in [6, 6.07) is 1.93. The summed E-state index contributed by atoms with van der Waals surface area (Å²) in [6.07, 6.45) is 1.90. The lowest BCUT2D eigenvalue weighted by Crippen LogP contribution is -2.35. The second-order valence-electron chi connectivity index (χ2n) is 4.24. The van der Waals surface area contributed by atoms with Crippen LogP contribution in [0.1, 0.15) is 28.0 Å². The van der Waals surface area contributed by atoms with Crippen molar-refractivity contribution in [3.8, 4) is 0 Å². The van der Waals surface area contributed by atoms with Crippen molar-refractivity contribution in [1.82, 2.24) is 24.7 Å². The number of amides is 1. The minimum atomic E-state index is -0.126. The number of nitrogens with zero attached hydrogens (tertiary/aromatic N) is 4. The second kappa shape index (κ2) is 5.26. The molecule has 0 aliphatic rings. The van der Waals surface area contributed by atoms with Gasteiger partial charge in [0.25, 0.3) is 5.91 Å². The van der Waals surface area contributed by atoms with Crippen molar-refractivity contribution in [3.63, 3.8) is 0 Å². The van der Waals surface area contributed by atoms with Crippen molar-refractivity contribution in [3.05, 3.63) is 28.5 Å². The number of aromatic nitrogens is 4. The summed E-state index contributed by atoms with van der Waals surface area (Å²) in [5, 5.41) is 11.0. The summed E-state index contributed by atoms with van der Waals surface area (Å²) >= 11 is 1.11. The largest absolute Gasteiger partial charge is 0.347 e. The maximum atomic E-state index is 11.9. The molecule has 1 unspecified atom stereocenters. The first kappa shape index (κ1) is 12.7. The molecule has 6 nitrogen and oxygen atoms in total. The maximum absolute atomic E-state index is 11.9. The predicted molar refractivity (Wildman–Crippen MR) is 68.5 cm³/mol. The fraction of sp³-hybridized carbons (Fsp3) is 0.455. The van der Waals surface area contributed by atoms with Gasteiger partial charge in [-0.1, -0.05) is 4.49 Å². The van der Waals surface area contributed by atoms with Crippen molar-refractivity contribution in [1.29, 1.82) is 0 Å². The first-order chi connectivity index (χ1) is 8.56. The average molecular weight is 265 g/mol. The lowest BCUT2D eigenvalue weighted by Gasteiger charge is -2.13. The van der Waals surface area contributed by atoms with E-state index in [0.29, 0.717) is 17.1 Å². The van der Waals surface area contributed by atoms with Gasteiger partial charge >= 0.3 is 0 Å². The van der Waals surface area contributed by atoms with Crippen molar-refractivity contribution >= 4 is 17.4 Å². The Morgan fingerprint density at radius 2 is 2.33 bits per heavy atom. The van der Waals surface area contributed by atoms with Gasteiger partial charge in [0.15, 0.2) is 0 Å². The molecule has 0 aliphatic carbocycles. The Labute approximate surface area is 109 Å². The molecule has 0 saturated heterocycles. The number of rotatable bonds is 4. The molecule has 0 aromatic carbocycles. The van der Waals surface area contributed by atoms with E-state index in [-0.39, 0.29) is 11.9 Å². The monoisotopic (exact) mass is 265 g/mol. The summed E-state index contributed by atoms with van der Waals surface area (Å²) < 4.78 is 5.57. The highest BCUT2D eigenvalue weighted by atomic mass is 32.1. The lowest BCUT2D eigenvalue weighted by molar-refractivity contribution is 0.0939. The first-order valence-corrected chi connectivity index (χ1v) is 6.43. The Morgan fingerprint density at radius 3 is 2.89 bits per heavy atom. The van der Waals surface area contributed by atoms with Gasteiger partial charge in [0.05, 0.1) is 17.9 Å². The van der Waals surface area contributed by atoms with Crippen molar-refractivity contribution in [2.45, 2.75) is 33.4 Å². The molecule has 0 saturated carbocycles. The summed E-state index contributed by atoms with van der Waals surface area (Å²) in [5.41, 5.74) is 1.63. The lowest BCUT2D eigenvalue weighted by atomic mass is 10.3.